The summed E-state index contributed by atoms with van der Waals surface area (Å²) in [5, 5.41) is 8.19. The summed E-state index contributed by atoms with van der Waals surface area (Å²) in [6, 6.07) is 3.24. The Labute approximate surface area is 153 Å². The number of hydrogen-bond donors (Lipinski definition) is 3. The van der Waals surface area contributed by atoms with Crippen LogP contribution in [0, 0.1) is 0 Å². The van der Waals surface area contributed by atoms with Gasteiger partial charge in [-0.3, -0.25) is 14.9 Å². The van der Waals surface area contributed by atoms with E-state index in [1.165, 1.54) is 12.1 Å². The summed E-state index contributed by atoms with van der Waals surface area (Å²) >= 11 is 0. The van der Waals surface area contributed by atoms with Crippen LogP contribution in [0.15, 0.2) is 24.3 Å². The summed E-state index contributed by atoms with van der Waals surface area (Å²) in [7, 11) is 0. The fourth-order valence-corrected chi connectivity index (χ4v) is 2.76. The summed E-state index contributed by atoms with van der Waals surface area (Å²) in [6.07, 6.45) is -5.41. The third kappa shape index (κ3) is 4.96. The maximum atomic E-state index is 12.6. The molecule has 3 atom stereocenters. The first-order valence-electron chi connectivity index (χ1n) is 8.48. The monoisotopic (exact) mass is 387 g/mol. The van der Waals surface area contributed by atoms with E-state index in [1.54, 1.807) is 6.92 Å². The van der Waals surface area contributed by atoms with Crippen molar-refractivity contribution in [2.75, 3.05) is 13.2 Å². The van der Waals surface area contributed by atoms with Crippen LogP contribution in [0.2, 0.25) is 0 Å². The van der Waals surface area contributed by atoms with Gasteiger partial charge in [0.2, 0.25) is 11.8 Å². The number of rotatable bonds is 5. The molecule has 2 aliphatic heterocycles. The van der Waals surface area contributed by atoms with Gasteiger partial charge in [0.25, 0.3) is 0 Å². The van der Waals surface area contributed by atoms with Gasteiger partial charge in [-0.25, -0.2) is 0 Å². The van der Waals surface area contributed by atoms with Crippen LogP contribution in [0.3, 0.4) is 0 Å². The van der Waals surface area contributed by atoms with Crippen molar-refractivity contribution in [3.63, 3.8) is 0 Å². The molecule has 0 aliphatic carbocycles. The third-order valence-corrected chi connectivity index (χ3v) is 4.38. The second-order valence-corrected chi connectivity index (χ2v) is 6.52. The molecule has 10 heteroatoms. The van der Waals surface area contributed by atoms with Gasteiger partial charge in [-0.2, -0.15) is 13.2 Å². The first-order chi connectivity index (χ1) is 12.7. The van der Waals surface area contributed by atoms with E-state index in [4.69, 9.17) is 9.47 Å². The highest BCUT2D eigenvalue weighted by atomic mass is 19.4. The molecule has 1 aromatic carbocycles. The molecule has 148 valence electrons. The van der Waals surface area contributed by atoms with Crippen molar-refractivity contribution < 1.29 is 32.2 Å². The normalized spacial score (nSPS) is 24.7. The van der Waals surface area contributed by atoms with Gasteiger partial charge >= 0.3 is 6.18 Å². The lowest BCUT2D eigenvalue weighted by atomic mass is 10.0. The van der Waals surface area contributed by atoms with Gasteiger partial charge in [0, 0.05) is 0 Å². The number of halogens is 3. The van der Waals surface area contributed by atoms with Crippen molar-refractivity contribution in [1.29, 1.82) is 0 Å². The number of hydrogen-bond acceptors (Lipinski definition) is 5. The lowest BCUT2D eigenvalue weighted by Gasteiger charge is -2.36. The largest absolute Gasteiger partial charge is 0.416 e. The molecule has 7 nitrogen and oxygen atoms in total. The first kappa shape index (κ1) is 19.6. The Morgan fingerprint density at radius 1 is 1.30 bits per heavy atom. The molecule has 2 aliphatic rings. The molecule has 2 heterocycles. The highest BCUT2D eigenvalue weighted by molar-refractivity contribution is 5.89. The zero-order chi connectivity index (χ0) is 19.6. The Bertz CT molecular complexity index is 692. The van der Waals surface area contributed by atoms with E-state index < -0.39 is 36.1 Å². The number of amides is 2. The SMILES string of the molecule is CC(NC(=O)C1CC(=O)NC(OC2COC2)N1)c1ccc(C(F)(F)F)cc1. The maximum Gasteiger partial charge on any atom is 0.416 e. The quantitative estimate of drug-likeness (QED) is 0.703. The van der Waals surface area contributed by atoms with Crippen molar-refractivity contribution >= 4 is 11.8 Å². The fraction of sp³-hybridized carbons (Fsp3) is 0.529. The van der Waals surface area contributed by atoms with Gasteiger partial charge in [-0.05, 0) is 24.6 Å². The maximum absolute atomic E-state index is 12.6. The Hall–Kier alpha value is -2.17. The molecular formula is C17H20F3N3O4. The van der Waals surface area contributed by atoms with E-state index in [1.807, 2.05) is 0 Å². The molecule has 0 bridgehead atoms. The van der Waals surface area contributed by atoms with E-state index in [-0.39, 0.29) is 18.4 Å². The highest BCUT2D eigenvalue weighted by Gasteiger charge is 2.34. The smallest absolute Gasteiger partial charge is 0.376 e. The van der Waals surface area contributed by atoms with Crippen LogP contribution in [-0.2, 0) is 25.2 Å². The first-order valence-corrected chi connectivity index (χ1v) is 8.48. The number of benzene rings is 1. The third-order valence-electron chi connectivity index (χ3n) is 4.38. The minimum Gasteiger partial charge on any atom is -0.376 e. The van der Waals surface area contributed by atoms with Crippen LogP contribution in [0.5, 0.6) is 0 Å². The van der Waals surface area contributed by atoms with Gasteiger partial charge in [-0.15, -0.1) is 0 Å². The lowest BCUT2D eigenvalue weighted by molar-refractivity contribution is -0.179. The number of carbonyl (C=O) groups is 2. The average molecular weight is 387 g/mol. The summed E-state index contributed by atoms with van der Waals surface area (Å²) < 4.78 is 48.4. The van der Waals surface area contributed by atoms with Crippen LogP contribution < -0.4 is 16.0 Å². The van der Waals surface area contributed by atoms with E-state index in [0.717, 1.165) is 12.1 Å². The zero-order valence-electron chi connectivity index (χ0n) is 14.5. The Kier molecular flexibility index (Phi) is 5.68. The van der Waals surface area contributed by atoms with Crippen molar-refractivity contribution in [3.8, 4) is 0 Å². The van der Waals surface area contributed by atoms with Gasteiger partial charge in [0.1, 0.15) is 6.10 Å². The van der Waals surface area contributed by atoms with Crippen molar-refractivity contribution in [2.24, 2.45) is 0 Å². The zero-order valence-corrected chi connectivity index (χ0v) is 14.5. The van der Waals surface area contributed by atoms with E-state index in [9.17, 15) is 22.8 Å². The molecule has 0 spiro atoms. The standard InChI is InChI=1S/C17H20F3N3O4/c1-9(10-2-4-11(5-3-10)17(18,19)20)21-15(25)13-6-14(24)23-16(22-13)27-12-7-26-8-12/h2-5,9,12-13,16,22H,6-8H2,1H3,(H,21,25)(H,23,24). The second kappa shape index (κ2) is 7.83. The van der Waals surface area contributed by atoms with E-state index in [0.29, 0.717) is 18.8 Å². The van der Waals surface area contributed by atoms with E-state index >= 15 is 0 Å². The molecule has 27 heavy (non-hydrogen) atoms. The van der Waals surface area contributed by atoms with Crippen LogP contribution in [0.1, 0.15) is 30.5 Å². The molecule has 0 aromatic heterocycles. The van der Waals surface area contributed by atoms with E-state index in [2.05, 4.69) is 16.0 Å². The van der Waals surface area contributed by atoms with Crippen LogP contribution in [0.25, 0.3) is 0 Å². The lowest BCUT2D eigenvalue weighted by Crippen LogP contribution is -2.63. The van der Waals surface area contributed by atoms with Crippen molar-refractivity contribution in [2.45, 2.75) is 44.1 Å². The highest BCUT2D eigenvalue weighted by Crippen LogP contribution is 2.29. The Morgan fingerprint density at radius 2 is 1.96 bits per heavy atom. The van der Waals surface area contributed by atoms with Crippen molar-refractivity contribution in [1.82, 2.24) is 16.0 Å². The molecule has 0 saturated carbocycles. The minimum atomic E-state index is -4.41. The number of ether oxygens (including phenoxy) is 2. The number of nitrogens with one attached hydrogen (secondary N) is 3. The van der Waals surface area contributed by atoms with Gasteiger partial charge < -0.3 is 20.1 Å². The van der Waals surface area contributed by atoms with Crippen LogP contribution in [0.4, 0.5) is 13.2 Å². The molecule has 3 unspecified atom stereocenters. The number of alkyl halides is 3. The molecule has 2 saturated heterocycles. The Morgan fingerprint density at radius 3 is 2.52 bits per heavy atom. The Balaban J connectivity index is 1.57. The topological polar surface area (TPSA) is 88.7 Å². The average Bonchev–Trinajstić information content (AvgIpc) is 2.57. The molecule has 2 amide bonds. The van der Waals surface area contributed by atoms with Crippen molar-refractivity contribution in [3.05, 3.63) is 35.4 Å². The minimum absolute atomic E-state index is 0.0629. The second-order valence-electron chi connectivity index (χ2n) is 6.52. The fourth-order valence-electron chi connectivity index (χ4n) is 2.76. The molecule has 1 aromatic rings. The molecular weight excluding hydrogens is 367 g/mol. The predicted octanol–water partition coefficient (Wildman–Crippen LogP) is 1.06. The molecule has 0 radical (unpaired) electrons. The molecule has 2 fully saturated rings. The predicted molar refractivity (Wildman–Crippen MR) is 87.2 cm³/mol. The van der Waals surface area contributed by atoms with Gasteiger partial charge in [-0.1, -0.05) is 12.1 Å². The van der Waals surface area contributed by atoms with Crippen LogP contribution >= 0.6 is 0 Å². The summed E-state index contributed by atoms with van der Waals surface area (Å²) in [6.45, 7) is 2.51. The summed E-state index contributed by atoms with van der Waals surface area (Å²) in [5.74, 6) is -0.767. The summed E-state index contributed by atoms with van der Waals surface area (Å²) in [5.41, 5.74) is -0.230. The van der Waals surface area contributed by atoms with Gasteiger partial charge in [0.15, 0.2) is 6.35 Å². The molecule has 3 rings (SSSR count). The number of carbonyl (C=O) groups excluding carboxylic acids is 2. The van der Waals surface area contributed by atoms with Crippen LogP contribution in [-0.4, -0.2) is 43.5 Å². The van der Waals surface area contributed by atoms with Gasteiger partial charge in [0.05, 0.1) is 37.3 Å². The molecule has 3 N–H and O–H groups in total. The summed E-state index contributed by atoms with van der Waals surface area (Å²) in [4.78, 5) is 24.3.